The molecule has 0 aliphatic carbocycles. The van der Waals surface area contributed by atoms with E-state index in [1.165, 1.54) is 12.1 Å². The van der Waals surface area contributed by atoms with E-state index in [1.807, 2.05) is 6.07 Å². The number of nitrogens with zero attached hydrogens (tertiary/aromatic N) is 1. The van der Waals surface area contributed by atoms with Gasteiger partial charge in [-0.05, 0) is 35.9 Å². The fraction of sp³-hybridized carbons (Fsp3) is 0.0417. The van der Waals surface area contributed by atoms with Crippen LogP contribution >= 0.6 is 11.6 Å². The zero-order valence-corrected chi connectivity index (χ0v) is 15.7. The van der Waals surface area contributed by atoms with Gasteiger partial charge in [-0.25, -0.2) is 4.98 Å². The van der Waals surface area contributed by atoms with Crippen molar-refractivity contribution < 1.29 is 13.2 Å². The van der Waals surface area contributed by atoms with Gasteiger partial charge >= 0.3 is 6.18 Å². The van der Waals surface area contributed by atoms with E-state index in [4.69, 9.17) is 11.6 Å². The average Bonchev–Trinajstić information content (AvgIpc) is 2.72. The normalized spacial score (nSPS) is 11.2. The molecule has 1 heterocycles. The number of hydrogen-bond acceptors (Lipinski definition) is 1. The first-order chi connectivity index (χ1) is 13.9. The highest BCUT2D eigenvalue weighted by Gasteiger charge is 2.37. The van der Waals surface area contributed by atoms with E-state index in [0.717, 1.165) is 0 Å². The Morgan fingerprint density at radius 3 is 2.10 bits per heavy atom. The summed E-state index contributed by atoms with van der Waals surface area (Å²) in [7, 11) is 0. The second-order valence-corrected chi connectivity index (χ2v) is 6.79. The third kappa shape index (κ3) is 3.96. The molecule has 0 aliphatic rings. The summed E-state index contributed by atoms with van der Waals surface area (Å²) >= 11 is 6.15. The molecule has 1 nitrogen and oxygen atoms in total. The highest BCUT2D eigenvalue weighted by molar-refractivity contribution is 6.31. The van der Waals surface area contributed by atoms with Crippen LogP contribution in [0.4, 0.5) is 13.2 Å². The Kier molecular flexibility index (Phi) is 5.00. The van der Waals surface area contributed by atoms with E-state index in [-0.39, 0.29) is 11.1 Å². The third-order valence-electron chi connectivity index (χ3n) is 4.38. The standard InChI is InChI=1S/C24H13ClF3N/c25-18-12-14-21-20(15-18)22(17-9-5-2-6-10-17)19(23(29-21)24(26,27)28)13-11-16-7-3-1-4-8-16/h1-10,12,14-15H. The Morgan fingerprint density at radius 2 is 1.45 bits per heavy atom. The van der Waals surface area contributed by atoms with Crippen molar-refractivity contribution in [2.45, 2.75) is 6.18 Å². The summed E-state index contributed by atoms with van der Waals surface area (Å²) in [5.74, 6) is 5.58. The molecule has 29 heavy (non-hydrogen) atoms. The molecule has 0 spiro atoms. The van der Waals surface area contributed by atoms with Gasteiger partial charge in [0.15, 0.2) is 5.69 Å². The summed E-state index contributed by atoms with van der Waals surface area (Å²) in [4.78, 5) is 3.90. The molecule has 0 atom stereocenters. The molecule has 0 bridgehead atoms. The van der Waals surface area contributed by atoms with Crippen LogP contribution in [0, 0.1) is 11.8 Å². The van der Waals surface area contributed by atoms with E-state index < -0.39 is 11.9 Å². The molecular weight excluding hydrogens is 395 g/mol. The average molecular weight is 408 g/mol. The summed E-state index contributed by atoms with van der Waals surface area (Å²) in [5.41, 5.74) is 0.646. The zero-order chi connectivity index (χ0) is 20.4. The van der Waals surface area contributed by atoms with Crippen LogP contribution in [0.15, 0.2) is 78.9 Å². The molecule has 0 saturated carbocycles. The molecule has 4 rings (SSSR count). The quantitative estimate of drug-likeness (QED) is 0.310. The van der Waals surface area contributed by atoms with Gasteiger partial charge in [0.05, 0.1) is 11.1 Å². The molecule has 5 heteroatoms. The first kappa shape index (κ1) is 19.0. The van der Waals surface area contributed by atoms with Crippen LogP contribution < -0.4 is 0 Å². The molecule has 3 aromatic carbocycles. The Balaban J connectivity index is 2.12. The van der Waals surface area contributed by atoms with Crippen LogP contribution in [-0.2, 0) is 6.18 Å². The Hall–Kier alpha value is -3.29. The monoisotopic (exact) mass is 407 g/mol. The number of halogens is 4. The molecule has 1 aromatic heterocycles. The lowest BCUT2D eigenvalue weighted by Crippen LogP contribution is -2.12. The topological polar surface area (TPSA) is 12.9 Å². The summed E-state index contributed by atoms with van der Waals surface area (Å²) in [6.45, 7) is 0. The fourth-order valence-electron chi connectivity index (χ4n) is 3.12. The molecule has 0 aliphatic heterocycles. The van der Waals surface area contributed by atoms with Crippen LogP contribution in [-0.4, -0.2) is 4.98 Å². The van der Waals surface area contributed by atoms with Gasteiger partial charge in [-0.3, -0.25) is 0 Å². The van der Waals surface area contributed by atoms with E-state index in [1.54, 1.807) is 60.7 Å². The maximum absolute atomic E-state index is 13.9. The van der Waals surface area contributed by atoms with Crippen molar-refractivity contribution in [2.24, 2.45) is 0 Å². The number of fused-ring (bicyclic) bond motifs is 1. The Bertz CT molecular complexity index is 1240. The number of rotatable bonds is 1. The maximum Gasteiger partial charge on any atom is 0.434 e. The molecule has 0 fully saturated rings. The maximum atomic E-state index is 13.9. The first-order valence-electron chi connectivity index (χ1n) is 8.76. The largest absolute Gasteiger partial charge is 0.434 e. The minimum Gasteiger partial charge on any atom is -0.242 e. The van der Waals surface area contributed by atoms with Gasteiger partial charge in [0.2, 0.25) is 0 Å². The van der Waals surface area contributed by atoms with Crippen molar-refractivity contribution >= 4 is 22.5 Å². The van der Waals surface area contributed by atoms with Crippen molar-refractivity contribution in [3.05, 3.63) is 101 Å². The number of pyridine rings is 1. The van der Waals surface area contributed by atoms with Crippen LogP contribution in [0.5, 0.6) is 0 Å². The fourth-order valence-corrected chi connectivity index (χ4v) is 3.30. The Morgan fingerprint density at radius 1 is 0.793 bits per heavy atom. The van der Waals surface area contributed by atoms with Gasteiger partial charge in [0.1, 0.15) is 0 Å². The minimum absolute atomic E-state index is 0.165. The SMILES string of the molecule is FC(F)(F)c1nc2ccc(Cl)cc2c(-c2ccccc2)c1C#Cc1ccccc1. The lowest BCUT2D eigenvalue weighted by Gasteiger charge is -2.16. The van der Waals surface area contributed by atoms with Gasteiger partial charge in [-0.2, -0.15) is 13.2 Å². The second-order valence-electron chi connectivity index (χ2n) is 6.35. The summed E-state index contributed by atoms with van der Waals surface area (Å²) in [6, 6.07) is 22.4. The summed E-state index contributed by atoms with van der Waals surface area (Å²) < 4.78 is 41.8. The predicted octanol–water partition coefficient (Wildman–Crippen LogP) is 6.97. The highest BCUT2D eigenvalue weighted by atomic mass is 35.5. The van der Waals surface area contributed by atoms with E-state index in [2.05, 4.69) is 16.8 Å². The van der Waals surface area contributed by atoms with E-state index in [9.17, 15) is 13.2 Å². The number of benzene rings is 3. The number of aromatic nitrogens is 1. The lowest BCUT2D eigenvalue weighted by atomic mass is 9.94. The molecule has 0 unspecified atom stereocenters. The molecule has 0 N–H and O–H groups in total. The van der Waals surface area contributed by atoms with Crippen molar-refractivity contribution in [3.8, 4) is 23.0 Å². The molecule has 4 aromatic rings. The van der Waals surface area contributed by atoms with E-state index >= 15 is 0 Å². The third-order valence-corrected chi connectivity index (χ3v) is 4.62. The van der Waals surface area contributed by atoms with Gasteiger partial charge in [0, 0.05) is 21.5 Å². The Labute approximate surface area is 170 Å². The number of hydrogen-bond donors (Lipinski definition) is 0. The van der Waals surface area contributed by atoms with Gasteiger partial charge < -0.3 is 0 Å². The van der Waals surface area contributed by atoms with E-state index in [0.29, 0.717) is 27.1 Å². The molecule has 0 saturated heterocycles. The van der Waals surface area contributed by atoms with Crippen LogP contribution in [0.3, 0.4) is 0 Å². The van der Waals surface area contributed by atoms with Crippen molar-refractivity contribution in [1.29, 1.82) is 0 Å². The molecule has 0 amide bonds. The van der Waals surface area contributed by atoms with Crippen LogP contribution in [0.1, 0.15) is 16.8 Å². The number of alkyl halides is 3. The summed E-state index contributed by atoms with van der Waals surface area (Å²) in [6.07, 6.45) is -4.65. The van der Waals surface area contributed by atoms with Gasteiger partial charge in [-0.15, -0.1) is 0 Å². The smallest absolute Gasteiger partial charge is 0.242 e. The van der Waals surface area contributed by atoms with Crippen molar-refractivity contribution in [2.75, 3.05) is 0 Å². The van der Waals surface area contributed by atoms with Gasteiger partial charge in [0.25, 0.3) is 0 Å². The predicted molar refractivity (Wildman–Crippen MR) is 110 cm³/mol. The minimum atomic E-state index is -4.65. The van der Waals surface area contributed by atoms with Crippen LogP contribution in [0.2, 0.25) is 5.02 Å². The second kappa shape index (κ2) is 7.62. The highest BCUT2D eigenvalue weighted by Crippen LogP contribution is 2.39. The molecular formula is C24H13ClF3N. The van der Waals surface area contributed by atoms with Crippen molar-refractivity contribution in [1.82, 2.24) is 4.98 Å². The van der Waals surface area contributed by atoms with Crippen molar-refractivity contribution in [3.63, 3.8) is 0 Å². The first-order valence-corrected chi connectivity index (χ1v) is 9.14. The summed E-state index contributed by atoms with van der Waals surface area (Å²) in [5, 5.41) is 0.937. The molecule has 0 radical (unpaired) electrons. The lowest BCUT2D eigenvalue weighted by molar-refractivity contribution is -0.141. The van der Waals surface area contributed by atoms with Gasteiger partial charge in [-0.1, -0.05) is 72.0 Å². The van der Waals surface area contributed by atoms with Crippen LogP contribution in [0.25, 0.3) is 22.0 Å². The zero-order valence-electron chi connectivity index (χ0n) is 15.0. The molecule has 142 valence electrons.